The van der Waals surface area contributed by atoms with Crippen molar-refractivity contribution in [1.29, 1.82) is 0 Å². The number of halogens is 3. The molecule has 1 saturated carbocycles. The maximum absolute atomic E-state index is 13.5. The Kier molecular flexibility index (Phi) is 5.08. The van der Waals surface area contributed by atoms with Gasteiger partial charge in [0.1, 0.15) is 0 Å². The van der Waals surface area contributed by atoms with Gasteiger partial charge in [0.2, 0.25) is 0 Å². The predicted molar refractivity (Wildman–Crippen MR) is 86.2 cm³/mol. The minimum Gasteiger partial charge on any atom is -0.394 e. The zero-order chi connectivity index (χ0) is 18.0. The number of carbonyl (C=O) groups excluding carboxylic acids is 1. The van der Waals surface area contributed by atoms with Crippen molar-refractivity contribution in [3.05, 3.63) is 71.0 Å². The van der Waals surface area contributed by atoms with Gasteiger partial charge in [0.05, 0.1) is 12.6 Å². The van der Waals surface area contributed by atoms with Gasteiger partial charge in [-0.3, -0.25) is 4.79 Å². The van der Waals surface area contributed by atoms with Crippen LogP contribution in [0.5, 0.6) is 0 Å². The molecule has 1 N–H and O–H groups in total. The Morgan fingerprint density at radius 1 is 1.12 bits per heavy atom. The van der Waals surface area contributed by atoms with Crippen LogP contribution in [0, 0.1) is 23.4 Å². The second kappa shape index (κ2) is 7.27. The highest BCUT2D eigenvalue weighted by Crippen LogP contribution is 2.36. The molecule has 0 radical (unpaired) electrons. The first-order chi connectivity index (χ1) is 12.0. The molecule has 25 heavy (non-hydrogen) atoms. The van der Waals surface area contributed by atoms with Crippen LogP contribution in [0.4, 0.5) is 13.2 Å². The van der Waals surface area contributed by atoms with Crippen LogP contribution in [0.15, 0.2) is 42.5 Å². The monoisotopic (exact) mass is 349 g/mol. The molecular formula is C19H18F3NO2. The van der Waals surface area contributed by atoms with Crippen LogP contribution >= 0.6 is 0 Å². The van der Waals surface area contributed by atoms with Gasteiger partial charge in [0.15, 0.2) is 17.5 Å². The number of amides is 1. The van der Waals surface area contributed by atoms with E-state index in [4.69, 9.17) is 0 Å². The smallest absolute Gasteiger partial charge is 0.254 e. The number of hydrogen-bond acceptors (Lipinski definition) is 2. The molecule has 1 fully saturated rings. The normalized spacial score (nSPS) is 15.0. The van der Waals surface area contributed by atoms with Gasteiger partial charge in [-0.15, -0.1) is 0 Å². The third kappa shape index (κ3) is 3.85. The predicted octanol–water partition coefficient (Wildman–Crippen LogP) is 3.52. The second-order valence-corrected chi connectivity index (χ2v) is 6.26. The lowest BCUT2D eigenvalue weighted by Gasteiger charge is -2.31. The second-order valence-electron chi connectivity index (χ2n) is 6.26. The summed E-state index contributed by atoms with van der Waals surface area (Å²) in [5, 5.41) is 9.73. The number of hydrogen-bond donors (Lipinski definition) is 1. The summed E-state index contributed by atoms with van der Waals surface area (Å²) in [7, 11) is 0. The van der Waals surface area contributed by atoms with E-state index in [1.54, 1.807) is 0 Å². The van der Waals surface area contributed by atoms with Crippen molar-refractivity contribution in [2.24, 2.45) is 5.92 Å². The molecule has 2 aromatic rings. The Labute approximate surface area is 143 Å². The Hall–Kier alpha value is -2.34. The van der Waals surface area contributed by atoms with Crippen LogP contribution in [-0.4, -0.2) is 28.6 Å². The number of nitrogens with zero attached hydrogens (tertiary/aromatic N) is 1. The van der Waals surface area contributed by atoms with Gasteiger partial charge in [-0.25, -0.2) is 13.2 Å². The summed E-state index contributed by atoms with van der Waals surface area (Å²) < 4.78 is 40.2. The van der Waals surface area contributed by atoms with Crippen molar-refractivity contribution in [1.82, 2.24) is 4.90 Å². The largest absolute Gasteiger partial charge is 0.394 e. The summed E-state index contributed by atoms with van der Waals surface area (Å²) >= 11 is 0. The lowest BCUT2D eigenvalue weighted by atomic mass is 10.1. The minimum absolute atomic E-state index is 0.160. The molecule has 0 saturated heterocycles. The van der Waals surface area contributed by atoms with E-state index in [1.165, 1.54) is 4.90 Å². The lowest BCUT2D eigenvalue weighted by Crippen LogP contribution is -2.43. The highest BCUT2D eigenvalue weighted by atomic mass is 19.2. The SMILES string of the molecule is O=C(c1cc(F)c(F)c(F)c1)N(Cc1ccccc1)C(CO)C1CC1. The minimum atomic E-state index is -1.60. The zero-order valence-corrected chi connectivity index (χ0v) is 13.5. The molecule has 3 nitrogen and oxygen atoms in total. The molecule has 0 heterocycles. The van der Waals surface area contributed by atoms with E-state index in [0.29, 0.717) is 12.1 Å². The van der Waals surface area contributed by atoms with Crippen molar-refractivity contribution in [3.8, 4) is 0 Å². The molecule has 6 heteroatoms. The van der Waals surface area contributed by atoms with Crippen LogP contribution in [-0.2, 0) is 6.54 Å². The topological polar surface area (TPSA) is 40.5 Å². The number of carbonyl (C=O) groups is 1. The molecule has 3 rings (SSSR count). The maximum Gasteiger partial charge on any atom is 0.254 e. The number of benzene rings is 2. The molecule has 1 unspecified atom stereocenters. The average Bonchev–Trinajstić information content (AvgIpc) is 3.44. The third-order valence-electron chi connectivity index (χ3n) is 4.44. The molecule has 0 aliphatic heterocycles. The summed E-state index contributed by atoms with van der Waals surface area (Å²) in [6.07, 6.45) is 1.77. The van der Waals surface area contributed by atoms with E-state index in [0.717, 1.165) is 18.4 Å². The quantitative estimate of drug-likeness (QED) is 0.811. The van der Waals surface area contributed by atoms with Gasteiger partial charge in [-0.2, -0.15) is 0 Å². The van der Waals surface area contributed by atoms with Crippen molar-refractivity contribution >= 4 is 5.91 Å². The number of aliphatic hydroxyl groups excluding tert-OH is 1. The molecule has 0 bridgehead atoms. The summed E-state index contributed by atoms with van der Waals surface area (Å²) in [5.74, 6) is -4.89. The number of aliphatic hydroxyl groups is 1. The average molecular weight is 349 g/mol. The maximum atomic E-state index is 13.5. The molecule has 1 atom stereocenters. The van der Waals surface area contributed by atoms with Crippen LogP contribution < -0.4 is 0 Å². The van der Waals surface area contributed by atoms with Gasteiger partial charge in [0.25, 0.3) is 5.91 Å². The standard InChI is InChI=1S/C19H18F3NO2/c20-15-8-14(9-16(21)18(15)22)19(25)23(17(11-24)13-6-7-13)10-12-4-2-1-3-5-12/h1-5,8-9,13,17,24H,6-7,10-11H2. The van der Waals surface area contributed by atoms with Crippen LogP contribution in [0.2, 0.25) is 0 Å². The van der Waals surface area contributed by atoms with Crippen molar-refractivity contribution in [3.63, 3.8) is 0 Å². The van der Waals surface area contributed by atoms with Gasteiger partial charge >= 0.3 is 0 Å². The Bertz CT molecular complexity index is 740. The summed E-state index contributed by atoms with van der Waals surface area (Å²) in [6, 6.07) is 10.1. The Balaban J connectivity index is 1.94. The van der Waals surface area contributed by atoms with Crippen LogP contribution in [0.1, 0.15) is 28.8 Å². The molecular weight excluding hydrogens is 331 g/mol. The van der Waals surface area contributed by atoms with E-state index in [9.17, 15) is 23.1 Å². The first kappa shape index (κ1) is 17.5. The highest BCUT2D eigenvalue weighted by Gasteiger charge is 2.37. The fraction of sp³-hybridized carbons (Fsp3) is 0.316. The van der Waals surface area contributed by atoms with E-state index in [2.05, 4.69) is 0 Å². The van der Waals surface area contributed by atoms with E-state index >= 15 is 0 Å². The first-order valence-corrected chi connectivity index (χ1v) is 8.11. The molecule has 0 aromatic heterocycles. The van der Waals surface area contributed by atoms with Crippen molar-refractivity contribution in [2.75, 3.05) is 6.61 Å². The Morgan fingerprint density at radius 2 is 1.72 bits per heavy atom. The number of rotatable bonds is 6. The van der Waals surface area contributed by atoms with E-state index in [-0.39, 0.29) is 24.6 Å². The Morgan fingerprint density at radius 3 is 2.24 bits per heavy atom. The summed E-state index contributed by atoms with van der Waals surface area (Å²) in [5.41, 5.74) is 0.560. The van der Waals surface area contributed by atoms with Gasteiger partial charge in [-0.05, 0) is 36.5 Å². The summed E-state index contributed by atoms with van der Waals surface area (Å²) in [6.45, 7) is -0.0442. The molecule has 1 aliphatic carbocycles. The van der Waals surface area contributed by atoms with Gasteiger partial charge in [0, 0.05) is 12.1 Å². The zero-order valence-electron chi connectivity index (χ0n) is 13.5. The van der Waals surface area contributed by atoms with E-state index < -0.39 is 29.4 Å². The van der Waals surface area contributed by atoms with Crippen LogP contribution in [0.25, 0.3) is 0 Å². The first-order valence-electron chi connectivity index (χ1n) is 8.11. The van der Waals surface area contributed by atoms with Crippen molar-refractivity contribution in [2.45, 2.75) is 25.4 Å². The van der Waals surface area contributed by atoms with E-state index in [1.807, 2.05) is 30.3 Å². The third-order valence-corrected chi connectivity index (χ3v) is 4.44. The molecule has 1 amide bonds. The molecule has 0 spiro atoms. The molecule has 2 aromatic carbocycles. The molecule has 1 aliphatic rings. The van der Waals surface area contributed by atoms with Crippen molar-refractivity contribution < 1.29 is 23.1 Å². The van der Waals surface area contributed by atoms with Crippen LogP contribution in [0.3, 0.4) is 0 Å². The van der Waals surface area contributed by atoms with Gasteiger partial charge in [-0.1, -0.05) is 30.3 Å². The van der Waals surface area contributed by atoms with Gasteiger partial charge < -0.3 is 10.0 Å². The molecule has 132 valence electrons. The summed E-state index contributed by atoms with van der Waals surface area (Å²) in [4.78, 5) is 14.3. The lowest BCUT2D eigenvalue weighted by molar-refractivity contribution is 0.0530. The fourth-order valence-electron chi connectivity index (χ4n) is 2.95. The fourth-order valence-corrected chi connectivity index (χ4v) is 2.95. The highest BCUT2D eigenvalue weighted by molar-refractivity contribution is 5.94.